The Bertz CT molecular complexity index is 541. The summed E-state index contributed by atoms with van der Waals surface area (Å²) in [6.45, 7) is 5.33. The van der Waals surface area contributed by atoms with E-state index < -0.39 is 15.4 Å². The SMILES string of the molecule is CCS(=O)(=O)CCN1C(=O)C(C)(C2CC2)NC(=O)CC1C. The number of rotatable bonds is 5. The molecule has 1 saturated heterocycles. The van der Waals surface area contributed by atoms with Crippen molar-refractivity contribution in [2.75, 3.05) is 18.1 Å². The number of amides is 2. The van der Waals surface area contributed by atoms with E-state index in [1.807, 2.05) is 0 Å². The smallest absolute Gasteiger partial charge is 0.248 e. The van der Waals surface area contributed by atoms with Gasteiger partial charge in [-0.15, -0.1) is 0 Å². The van der Waals surface area contributed by atoms with Crippen molar-refractivity contribution < 1.29 is 18.0 Å². The molecule has 0 aromatic heterocycles. The molecule has 0 spiro atoms. The average Bonchev–Trinajstić information content (AvgIpc) is 3.22. The minimum atomic E-state index is -3.13. The molecule has 2 rings (SSSR count). The zero-order valence-electron chi connectivity index (χ0n) is 12.9. The van der Waals surface area contributed by atoms with Crippen LogP contribution in [0.5, 0.6) is 0 Å². The van der Waals surface area contributed by atoms with Gasteiger partial charge < -0.3 is 10.2 Å². The lowest BCUT2D eigenvalue weighted by atomic mass is 9.94. The van der Waals surface area contributed by atoms with Crippen molar-refractivity contribution in [3.63, 3.8) is 0 Å². The molecule has 0 radical (unpaired) electrons. The highest BCUT2D eigenvalue weighted by Gasteiger charge is 2.52. The first-order valence-electron chi connectivity index (χ1n) is 7.52. The van der Waals surface area contributed by atoms with E-state index >= 15 is 0 Å². The molecule has 1 aliphatic heterocycles. The van der Waals surface area contributed by atoms with Crippen LogP contribution in [0.25, 0.3) is 0 Å². The molecule has 0 aromatic carbocycles. The molecular weight excluding hydrogens is 292 g/mol. The summed E-state index contributed by atoms with van der Waals surface area (Å²) < 4.78 is 23.4. The van der Waals surface area contributed by atoms with Crippen LogP contribution in [0.3, 0.4) is 0 Å². The first kappa shape index (κ1) is 16.3. The largest absolute Gasteiger partial charge is 0.342 e. The molecule has 2 atom stereocenters. The molecule has 6 nitrogen and oxygen atoms in total. The maximum absolute atomic E-state index is 12.8. The molecule has 1 heterocycles. The van der Waals surface area contributed by atoms with Crippen LogP contribution < -0.4 is 5.32 Å². The van der Waals surface area contributed by atoms with E-state index in [2.05, 4.69) is 5.32 Å². The van der Waals surface area contributed by atoms with Gasteiger partial charge in [0.2, 0.25) is 11.8 Å². The summed E-state index contributed by atoms with van der Waals surface area (Å²) in [5, 5.41) is 2.86. The molecule has 0 bridgehead atoms. The Labute approximate surface area is 126 Å². The summed E-state index contributed by atoms with van der Waals surface area (Å²) in [7, 11) is -3.13. The number of nitrogens with zero attached hydrogens (tertiary/aromatic N) is 1. The molecular formula is C14H24N2O4S. The summed E-state index contributed by atoms with van der Waals surface area (Å²) in [4.78, 5) is 26.4. The molecule has 1 N–H and O–H groups in total. The molecule has 21 heavy (non-hydrogen) atoms. The zero-order valence-corrected chi connectivity index (χ0v) is 13.7. The Balaban J connectivity index is 2.20. The summed E-state index contributed by atoms with van der Waals surface area (Å²) in [6.07, 6.45) is 2.08. The van der Waals surface area contributed by atoms with Crippen LogP contribution in [0.2, 0.25) is 0 Å². The molecule has 1 aliphatic carbocycles. The van der Waals surface area contributed by atoms with Gasteiger partial charge in [0.25, 0.3) is 0 Å². The van der Waals surface area contributed by atoms with E-state index in [-0.39, 0.29) is 48.2 Å². The molecule has 2 unspecified atom stereocenters. The van der Waals surface area contributed by atoms with Gasteiger partial charge >= 0.3 is 0 Å². The fourth-order valence-corrected chi connectivity index (χ4v) is 3.68. The Hall–Kier alpha value is -1.11. The van der Waals surface area contributed by atoms with Crippen LogP contribution in [0.15, 0.2) is 0 Å². The van der Waals surface area contributed by atoms with E-state index in [4.69, 9.17) is 0 Å². The van der Waals surface area contributed by atoms with Gasteiger partial charge in [-0.3, -0.25) is 9.59 Å². The van der Waals surface area contributed by atoms with Gasteiger partial charge in [0.15, 0.2) is 9.84 Å². The molecule has 2 amide bonds. The fraction of sp³-hybridized carbons (Fsp3) is 0.857. The standard InChI is InChI=1S/C14H24N2O4S/c1-4-21(19,20)8-7-16-10(2)9-12(17)15-14(3,13(16)18)11-5-6-11/h10-11H,4-9H2,1-3H3,(H,15,17). The van der Waals surface area contributed by atoms with E-state index in [0.717, 1.165) is 12.8 Å². The van der Waals surface area contributed by atoms with Crippen molar-refractivity contribution in [3.8, 4) is 0 Å². The second-order valence-corrected chi connectivity index (χ2v) is 8.79. The highest BCUT2D eigenvalue weighted by Crippen LogP contribution is 2.41. The van der Waals surface area contributed by atoms with Gasteiger partial charge in [-0.25, -0.2) is 8.42 Å². The molecule has 7 heteroatoms. The van der Waals surface area contributed by atoms with Crippen LogP contribution in [-0.2, 0) is 19.4 Å². The Kier molecular flexibility index (Phi) is 4.33. The average molecular weight is 316 g/mol. The van der Waals surface area contributed by atoms with Crippen LogP contribution >= 0.6 is 0 Å². The Morgan fingerprint density at radius 3 is 2.48 bits per heavy atom. The van der Waals surface area contributed by atoms with Crippen LogP contribution in [0.4, 0.5) is 0 Å². The molecule has 1 saturated carbocycles. The van der Waals surface area contributed by atoms with E-state index in [1.165, 1.54) is 0 Å². The number of sulfone groups is 1. The van der Waals surface area contributed by atoms with Crippen LogP contribution in [0.1, 0.15) is 40.0 Å². The zero-order chi connectivity index (χ0) is 15.8. The molecule has 2 fully saturated rings. The summed E-state index contributed by atoms with van der Waals surface area (Å²) >= 11 is 0. The van der Waals surface area contributed by atoms with Crippen molar-refractivity contribution in [2.45, 2.75) is 51.6 Å². The second kappa shape index (κ2) is 5.59. The lowest BCUT2D eigenvalue weighted by molar-refractivity contribution is -0.140. The lowest BCUT2D eigenvalue weighted by Crippen LogP contribution is -2.57. The van der Waals surface area contributed by atoms with Crippen molar-refractivity contribution in [1.82, 2.24) is 10.2 Å². The minimum absolute atomic E-state index is 0.0471. The monoisotopic (exact) mass is 316 g/mol. The van der Waals surface area contributed by atoms with Gasteiger partial charge in [-0.2, -0.15) is 0 Å². The summed E-state index contributed by atoms with van der Waals surface area (Å²) in [6, 6.07) is -0.273. The quantitative estimate of drug-likeness (QED) is 0.792. The highest BCUT2D eigenvalue weighted by molar-refractivity contribution is 7.91. The van der Waals surface area contributed by atoms with Crippen molar-refractivity contribution in [3.05, 3.63) is 0 Å². The number of hydrogen-bond acceptors (Lipinski definition) is 4. The second-order valence-electron chi connectivity index (χ2n) is 6.31. The molecule has 0 aromatic rings. The number of hydrogen-bond donors (Lipinski definition) is 1. The minimum Gasteiger partial charge on any atom is -0.342 e. The third kappa shape index (κ3) is 3.39. The molecule has 120 valence electrons. The predicted molar refractivity (Wildman–Crippen MR) is 79.4 cm³/mol. The summed E-state index contributed by atoms with van der Waals surface area (Å²) in [5.41, 5.74) is -0.877. The summed E-state index contributed by atoms with van der Waals surface area (Å²) in [5.74, 6) is -0.0834. The normalized spacial score (nSPS) is 31.0. The van der Waals surface area contributed by atoms with Crippen LogP contribution in [0, 0.1) is 5.92 Å². The van der Waals surface area contributed by atoms with Gasteiger partial charge in [0.05, 0.1) is 5.75 Å². The van der Waals surface area contributed by atoms with E-state index in [0.29, 0.717) is 0 Å². The third-order valence-corrected chi connectivity index (χ3v) is 6.28. The Morgan fingerprint density at radius 1 is 1.33 bits per heavy atom. The van der Waals surface area contributed by atoms with E-state index in [9.17, 15) is 18.0 Å². The van der Waals surface area contributed by atoms with Crippen molar-refractivity contribution >= 4 is 21.7 Å². The van der Waals surface area contributed by atoms with Gasteiger partial charge in [0.1, 0.15) is 5.54 Å². The topological polar surface area (TPSA) is 83.6 Å². The van der Waals surface area contributed by atoms with E-state index in [1.54, 1.807) is 25.7 Å². The number of carbonyl (C=O) groups is 2. The maximum Gasteiger partial charge on any atom is 0.248 e. The fourth-order valence-electron chi connectivity index (χ4n) is 2.91. The number of carbonyl (C=O) groups excluding carboxylic acids is 2. The lowest BCUT2D eigenvalue weighted by Gasteiger charge is -2.34. The highest BCUT2D eigenvalue weighted by atomic mass is 32.2. The first-order chi connectivity index (χ1) is 9.69. The molecule has 2 aliphatic rings. The van der Waals surface area contributed by atoms with Crippen molar-refractivity contribution in [2.24, 2.45) is 5.92 Å². The first-order valence-corrected chi connectivity index (χ1v) is 9.34. The number of nitrogens with one attached hydrogen (secondary N) is 1. The third-order valence-electron chi connectivity index (χ3n) is 4.59. The van der Waals surface area contributed by atoms with Crippen molar-refractivity contribution in [1.29, 1.82) is 0 Å². The van der Waals surface area contributed by atoms with Crippen LogP contribution in [-0.4, -0.2) is 54.8 Å². The maximum atomic E-state index is 12.8. The predicted octanol–water partition coefficient (Wildman–Crippen LogP) is 0.327. The Morgan fingerprint density at radius 2 is 1.95 bits per heavy atom. The van der Waals surface area contributed by atoms with Gasteiger partial charge in [-0.1, -0.05) is 6.92 Å². The van der Waals surface area contributed by atoms with Gasteiger partial charge in [0, 0.05) is 24.8 Å². The van der Waals surface area contributed by atoms with Gasteiger partial charge in [-0.05, 0) is 32.6 Å².